The van der Waals surface area contributed by atoms with Crippen LogP contribution < -0.4 is 5.32 Å². The highest BCUT2D eigenvalue weighted by Crippen LogP contribution is 2.33. The molecule has 0 bridgehead atoms. The smallest absolute Gasteiger partial charge is 0.223 e. The molecule has 188 valence electrons. The van der Waals surface area contributed by atoms with Crippen LogP contribution in [0, 0.1) is 5.82 Å². The lowest BCUT2D eigenvalue weighted by Gasteiger charge is -2.16. The highest BCUT2D eigenvalue weighted by molar-refractivity contribution is 5.80. The summed E-state index contributed by atoms with van der Waals surface area (Å²) in [6.07, 6.45) is 4.90. The monoisotopic (exact) mass is 494 g/mol. The Hall–Kier alpha value is -4.10. The van der Waals surface area contributed by atoms with Gasteiger partial charge in [-0.15, -0.1) is 0 Å². The molecule has 2 aromatic carbocycles. The minimum atomic E-state index is -0.279. The van der Waals surface area contributed by atoms with E-state index in [1.165, 1.54) is 17.7 Å². The summed E-state index contributed by atoms with van der Waals surface area (Å²) in [6, 6.07) is 22.8. The molecule has 0 fully saturated rings. The number of imidazole rings is 1. The molecule has 5 rings (SSSR count). The van der Waals surface area contributed by atoms with E-state index in [4.69, 9.17) is 9.97 Å². The van der Waals surface area contributed by atoms with Gasteiger partial charge in [0, 0.05) is 24.5 Å². The van der Waals surface area contributed by atoms with Crippen LogP contribution in [0.2, 0.25) is 0 Å². The summed E-state index contributed by atoms with van der Waals surface area (Å²) in [4.78, 5) is 16.6. The fraction of sp³-hybridized carbons (Fsp3) is 0.233. The number of hydrogen-bond donors (Lipinski definition) is 1. The third kappa shape index (κ3) is 5.52. The Labute approximate surface area is 216 Å². The number of hydrogen-bond acceptors (Lipinski definition) is 5. The van der Waals surface area contributed by atoms with Crippen molar-refractivity contribution in [1.29, 1.82) is 0 Å². The second kappa shape index (κ2) is 10.9. The zero-order valence-corrected chi connectivity index (χ0v) is 21.4. The van der Waals surface area contributed by atoms with Gasteiger partial charge in [0.25, 0.3) is 0 Å². The first-order chi connectivity index (χ1) is 18.0. The number of pyridine rings is 1. The minimum absolute atomic E-state index is 0.0397. The van der Waals surface area contributed by atoms with Crippen molar-refractivity contribution in [2.45, 2.75) is 32.9 Å². The molecule has 7 heteroatoms. The second-order valence-electron chi connectivity index (χ2n) is 9.36. The molecule has 1 atom stereocenters. The Bertz CT molecular complexity index is 1480. The van der Waals surface area contributed by atoms with Gasteiger partial charge < -0.3 is 10.2 Å². The molecule has 0 spiro atoms. The molecule has 0 aliphatic carbocycles. The largest absolute Gasteiger partial charge is 0.348 e. The summed E-state index contributed by atoms with van der Waals surface area (Å²) in [5.74, 6) is 0.255. The number of aromatic nitrogens is 4. The number of anilines is 1. The molecule has 6 nitrogen and oxygen atoms in total. The van der Waals surface area contributed by atoms with Crippen molar-refractivity contribution in [3.05, 3.63) is 102 Å². The fourth-order valence-corrected chi connectivity index (χ4v) is 4.59. The number of nitrogens with one attached hydrogen (secondary N) is 1. The molecule has 0 aliphatic rings. The Morgan fingerprint density at radius 1 is 1.00 bits per heavy atom. The van der Waals surface area contributed by atoms with Gasteiger partial charge in [-0.2, -0.15) is 0 Å². The van der Waals surface area contributed by atoms with Crippen LogP contribution in [0.15, 0.2) is 85.2 Å². The Balaban J connectivity index is 1.56. The lowest BCUT2D eigenvalue weighted by atomic mass is 10.1. The highest BCUT2D eigenvalue weighted by atomic mass is 19.1. The minimum Gasteiger partial charge on any atom is -0.348 e. The normalized spacial score (nSPS) is 12.2. The van der Waals surface area contributed by atoms with E-state index in [9.17, 15) is 4.39 Å². The van der Waals surface area contributed by atoms with Gasteiger partial charge in [0.1, 0.15) is 11.5 Å². The summed E-state index contributed by atoms with van der Waals surface area (Å²) >= 11 is 0. The SMILES string of the molecule is CCCN(C)Cc1ccn2c(-c3ccnc(N[C@@H](C)c4ccccc4)n3)c(-c3ccc(F)cc3)nc2c1. The quantitative estimate of drug-likeness (QED) is 0.250. The predicted molar refractivity (Wildman–Crippen MR) is 147 cm³/mol. The van der Waals surface area contributed by atoms with Crippen LogP contribution in [0.3, 0.4) is 0 Å². The Kier molecular flexibility index (Phi) is 7.23. The van der Waals surface area contributed by atoms with Crippen LogP contribution >= 0.6 is 0 Å². The van der Waals surface area contributed by atoms with Crippen LogP contribution in [-0.2, 0) is 6.54 Å². The summed E-state index contributed by atoms with van der Waals surface area (Å²) in [5, 5.41) is 3.41. The maximum absolute atomic E-state index is 13.7. The summed E-state index contributed by atoms with van der Waals surface area (Å²) in [7, 11) is 2.13. The van der Waals surface area contributed by atoms with E-state index >= 15 is 0 Å². The number of halogens is 1. The van der Waals surface area contributed by atoms with Crippen molar-refractivity contribution >= 4 is 11.6 Å². The van der Waals surface area contributed by atoms with Crippen LogP contribution in [0.1, 0.15) is 37.4 Å². The van der Waals surface area contributed by atoms with Crippen LogP contribution in [0.25, 0.3) is 28.3 Å². The lowest BCUT2D eigenvalue weighted by Crippen LogP contribution is -2.18. The van der Waals surface area contributed by atoms with Crippen molar-refractivity contribution in [2.24, 2.45) is 0 Å². The zero-order valence-electron chi connectivity index (χ0n) is 21.4. The maximum atomic E-state index is 13.7. The standard InChI is InChI=1S/C30H31FN6/c1-4-17-36(3)20-22-15-18-37-27(19-22)35-28(24-10-12-25(31)13-11-24)29(37)26-14-16-32-30(34-26)33-21(2)23-8-6-5-7-9-23/h5-16,18-19,21H,4,17,20H2,1-3H3,(H,32,33,34)/t21-/m0/s1. The molecule has 3 aromatic heterocycles. The molecule has 1 N–H and O–H groups in total. The summed E-state index contributed by atoms with van der Waals surface area (Å²) in [6.45, 7) is 6.14. The topological polar surface area (TPSA) is 58.4 Å². The van der Waals surface area contributed by atoms with Crippen LogP contribution in [0.4, 0.5) is 10.3 Å². The van der Waals surface area contributed by atoms with Gasteiger partial charge in [-0.3, -0.25) is 4.40 Å². The van der Waals surface area contributed by atoms with Gasteiger partial charge in [0.05, 0.1) is 23.1 Å². The van der Waals surface area contributed by atoms with E-state index in [2.05, 4.69) is 64.8 Å². The van der Waals surface area contributed by atoms with E-state index in [1.54, 1.807) is 18.3 Å². The number of fused-ring (bicyclic) bond motifs is 1. The van der Waals surface area contributed by atoms with Crippen molar-refractivity contribution in [3.63, 3.8) is 0 Å². The third-order valence-electron chi connectivity index (χ3n) is 6.41. The van der Waals surface area contributed by atoms with Gasteiger partial charge in [-0.1, -0.05) is 37.3 Å². The number of rotatable bonds is 9. The maximum Gasteiger partial charge on any atom is 0.223 e. The molecule has 37 heavy (non-hydrogen) atoms. The highest BCUT2D eigenvalue weighted by Gasteiger charge is 2.19. The Morgan fingerprint density at radius 3 is 2.54 bits per heavy atom. The lowest BCUT2D eigenvalue weighted by molar-refractivity contribution is 0.327. The van der Waals surface area contributed by atoms with Crippen molar-refractivity contribution < 1.29 is 4.39 Å². The molecular weight excluding hydrogens is 463 g/mol. The van der Waals surface area contributed by atoms with Crippen molar-refractivity contribution in [3.8, 4) is 22.6 Å². The summed E-state index contributed by atoms with van der Waals surface area (Å²) in [5.41, 5.74) is 6.32. The van der Waals surface area contributed by atoms with Gasteiger partial charge in [-0.25, -0.2) is 19.3 Å². The van der Waals surface area contributed by atoms with E-state index in [-0.39, 0.29) is 11.9 Å². The van der Waals surface area contributed by atoms with E-state index < -0.39 is 0 Å². The molecule has 0 unspecified atom stereocenters. The molecule has 0 saturated heterocycles. The molecule has 3 heterocycles. The van der Waals surface area contributed by atoms with Crippen LogP contribution in [-0.4, -0.2) is 37.8 Å². The first-order valence-electron chi connectivity index (χ1n) is 12.6. The second-order valence-corrected chi connectivity index (χ2v) is 9.36. The van der Waals surface area contributed by atoms with E-state index in [1.807, 2.05) is 30.5 Å². The molecule has 5 aromatic rings. The third-order valence-corrected chi connectivity index (χ3v) is 6.41. The number of nitrogens with zero attached hydrogens (tertiary/aromatic N) is 5. The summed E-state index contributed by atoms with van der Waals surface area (Å²) < 4.78 is 15.8. The first kappa shape index (κ1) is 24.6. The van der Waals surface area contributed by atoms with Gasteiger partial charge >= 0.3 is 0 Å². The number of benzene rings is 2. The fourth-order valence-electron chi connectivity index (χ4n) is 4.59. The average molecular weight is 495 g/mol. The average Bonchev–Trinajstić information content (AvgIpc) is 3.28. The van der Waals surface area contributed by atoms with Gasteiger partial charge in [-0.05, 0) is 80.5 Å². The van der Waals surface area contributed by atoms with Crippen LogP contribution in [0.5, 0.6) is 0 Å². The van der Waals surface area contributed by atoms with Crippen molar-refractivity contribution in [2.75, 3.05) is 18.9 Å². The molecule has 0 saturated carbocycles. The van der Waals surface area contributed by atoms with Crippen molar-refractivity contribution in [1.82, 2.24) is 24.3 Å². The Morgan fingerprint density at radius 2 is 1.78 bits per heavy atom. The van der Waals surface area contributed by atoms with Gasteiger partial charge in [0.15, 0.2) is 0 Å². The zero-order chi connectivity index (χ0) is 25.8. The predicted octanol–water partition coefficient (Wildman–Crippen LogP) is 6.61. The molecule has 0 amide bonds. The van der Waals surface area contributed by atoms with E-state index in [0.29, 0.717) is 5.95 Å². The van der Waals surface area contributed by atoms with E-state index in [0.717, 1.165) is 53.4 Å². The molecule has 0 aliphatic heterocycles. The molecule has 0 radical (unpaired) electrons. The van der Waals surface area contributed by atoms with Gasteiger partial charge in [0.2, 0.25) is 5.95 Å². The first-order valence-corrected chi connectivity index (χ1v) is 12.6. The molecular formula is C30H31FN6.